The standard InChI is InChI=1S/C21H27N3O4/c1-5-14(2)22-21(27)23-19(25)13-28-20(26)18-11-15(3)24(16(18)4)12-17-9-7-6-8-10-17/h6-11,14H,5,12-13H2,1-4H3,(H2,22,23,25,27)/t14-/m0/s1. The van der Waals surface area contributed by atoms with E-state index >= 15 is 0 Å². The van der Waals surface area contributed by atoms with Gasteiger partial charge in [-0.15, -0.1) is 0 Å². The third-order valence-electron chi connectivity index (χ3n) is 4.55. The molecule has 28 heavy (non-hydrogen) atoms. The maximum absolute atomic E-state index is 12.4. The number of amides is 3. The van der Waals surface area contributed by atoms with Crippen LogP contribution in [-0.4, -0.2) is 35.1 Å². The van der Waals surface area contributed by atoms with Gasteiger partial charge >= 0.3 is 12.0 Å². The molecule has 1 aromatic heterocycles. The van der Waals surface area contributed by atoms with E-state index in [-0.39, 0.29) is 6.04 Å². The van der Waals surface area contributed by atoms with Crippen LogP contribution in [0.1, 0.15) is 47.6 Å². The number of nitrogens with one attached hydrogen (secondary N) is 2. The monoisotopic (exact) mass is 385 g/mol. The summed E-state index contributed by atoms with van der Waals surface area (Å²) in [4.78, 5) is 35.8. The number of carbonyl (C=O) groups is 3. The van der Waals surface area contributed by atoms with Gasteiger partial charge in [0.15, 0.2) is 6.61 Å². The van der Waals surface area contributed by atoms with E-state index in [4.69, 9.17) is 4.74 Å². The van der Waals surface area contributed by atoms with Crippen molar-refractivity contribution in [1.29, 1.82) is 0 Å². The number of nitrogens with zero attached hydrogens (tertiary/aromatic N) is 1. The Morgan fingerprint density at radius 2 is 1.82 bits per heavy atom. The number of urea groups is 1. The van der Waals surface area contributed by atoms with Gasteiger partial charge in [-0.3, -0.25) is 10.1 Å². The van der Waals surface area contributed by atoms with Gasteiger partial charge in [0.2, 0.25) is 0 Å². The second kappa shape index (κ2) is 9.73. The Kier molecular flexibility index (Phi) is 7.37. The number of hydrogen-bond donors (Lipinski definition) is 2. The minimum absolute atomic E-state index is 0.0506. The topological polar surface area (TPSA) is 89.4 Å². The van der Waals surface area contributed by atoms with Gasteiger partial charge in [-0.05, 0) is 38.8 Å². The molecule has 2 N–H and O–H groups in total. The summed E-state index contributed by atoms with van der Waals surface area (Å²) in [5, 5.41) is 4.75. The lowest BCUT2D eigenvalue weighted by atomic mass is 10.2. The number of hydrogen-bond acceptors (Lipinski definition) is 4. The molecule has 1 atom stereocenters. The number of benzene rings is 1. The Bertz CT molecular complexity index is 843. The highest BCUT2D eigenvalue weighted by atomic mass is 16.5. The molecule has 0 aliphatic heterocycles. The Balaban J connectivity index is 1.95. The average Bonchev–Trinajstić information content (AvgIpc) is 2.95. The molecule has 2 rings (SSSR count). The van der Waals surface area contributed by atoms with E-state index in [2.05, 4.69) is 10.6 Å². The van der Waals surface area contributed by atoms with Crippen molar-refractivity contribution >= 4 is 17.9 Å². The van der Waals surface area contributed by atoms with Gasteiger partial charge in [0, 0.05) is 24.0 Å². The lowest BCUT2D eigenvalue weighted by Gasteiger charge is -2.12. The maximum atomic E-state index is 12.4. The van der Waals surface area contributed by atoms with Crippen LogP contribution in [0.15, 0.2) is 36.4 Å². The first-order valence-corrected chi connectivity index (χ1v) is 9.30. The Labute approximate surface area is 165 Å². The molecule has 0 radical (unpaired) electrons. The second-order valence-electron chi connectivity index (χ2n) is 6.76. The van der Waals surface area contributed by atoms with E-state index in [1.807, 2.05) is 62.6 Å². The lowest BCUT2D eigenvalue weighted by Crippen LogP contribution is -2.44. The van der Waals surface area contributed by atoms with Gasteiger partial charge in [0.1, 0.15) is 0 Å². The molecule has 150 valence electrons. The van der Waals surface area contributed by atoms with E-state index in [0.717, 1.165) is 23.4 Å². The molecule has 0 aliphatic carbocycles. The van der Waals surface area contributed by atoms with E-state index in [1.165, 1.54) is 0 Å². The van der Waals surface area contributed by atoms with Crippen molar-refractivity contribution < 1.29 is 19.1 Å². The van der Waals surface area contributed by atoms with Gasteiger partial charge in [-0.2, -0.15) is 0 Å². The number of esters is 1. The molecule has 1 aromatic carbocycles. The zero-order valence-corrected chi connectivity index (χ0v) is 16.7. The summed E-state index contributed by atoms with van der Waals surface area (Å²) in [6, 6.07) is 11.0. The SMILES string of the molecule is CC[C@H](C)NC(=O)NC(=O)COC(=O)c1cc(C)n(Cc2ccccc2)c1C. The van der Waals surface area contributed by atoms with Crippen LogP contribution in [0.25, 0.3) is 0 Å². The smallest absolute Gasteiger partial charge is 0.340 e. The van der Waals surface area contributed by atoms with Crippen LogP contribution < -0.4 is 10.6 Å². The molecule has 0 bridgehead atoms. The fourth-order valence-corrected chi connectivity index (χ4v) is 2.75. The van der Waals surface area contributed by atoms with Crippen LogP contribution in [0.3, 0.4) is 0 Å². The summed E-state index contributed by atoms with van der Waals surface area (Å²) in [6.45, 7) is 7.63. The molecular formula is C21H27N3O4. The van der Waals surface area contributed by atoms with Crippen LogP contribution >= 0.6 is 0 Å². The van der Waals surface area contributed by atoms with Crippen molar-refractivity contribution in [2.75, 3.05) is 6.61 Å². The number of imide groups is 1. The first-order valence-electron chi connectivity index (χ1n) is 9.30. The molecule has 7 nitrogen and oxygen atoms in total. The molecule has 0 saturated carbocycles. The van der Waals surface area contributed by atoms with Crippen LogP contribution in [0.4, 0.5) is 4.79 Å². The van der Waals surface area contributed by atoms with Gasteiger partial charge in [-0.25, -0.2) is 9.59 Å². The molecule has 0 aliphatic rings. The predicted octanol–water partition coefficient (Wildman–Crippen LogP) is 2.93. The van der Waals surface area contributed by atoms with Gasteiger partial charge < -0.3 is 14.6 Å². The fraction of sp³-hybridized carbons (Fsp3) is 0.381. The van der Waals surface area contributed by atoms with Crippen LogP contribution in [-0.2, 0) is 16.1 Å². The second-order valence-corrected chi connectivity index (χ2v) is 6.76. The largest absolute Gasteiger partial charge is 0.452 e. The van der Waals surface area contributed by atoms with Crippen molar-refractivity contribution in [2.24, 2.45) is 0 Å². The summed E-state index contributed by atoms with van der Waals surface area (Å²) in [7, 11) is 0. The van der Waals surface area contributed by atoms with Crippen LogP contribution in [0.5, 0.6) is 0 Å². The fourth-order valence-electron chi connectivity index (χ4n) is 2.75. The zero-order valence-electron chi connectivity index (χ0n) is 16.7. The zero-order chi connectivity index (χ0) is 20.7. The summed E-state index contributed by atoms with van der Waals surface area (Å²) in [5.74, 6) is -1.27. The molecule has 1 heterocycles. The molecule has 0 saturated heterocycles. The Hall–Kier alpha value is -3.09. The maximum Gasteiger partial charge on any atom is 0.340 e. The minimum Gasteiger partial charge on any atom is -0.452 e. The van der Waals surface area contributed by atoms with Crippen molar-refractivity contribution in [1.82, 2.24) is 15.2 Å². The van der Waals surface area contributed by atoms with E-state index in [1.54, 1.807) is 6.07 Å². The first-order chi connectivity index (χ1) is 13.3. The molecule has 7 heteroatoms. The summed E-state index contributed by atoms with van der Waals surface area (Å²) in [5.41, 5.74) is 3.22. The molecular weight excluding hydrogens is 358 g/mol. The highest BCUT2D eigenvalue weighted by Gasteiger charge is 2.19. The quantitative estimate of drug-likeness (QED) is 0.717. The molecule has 0 fully saturated rings. The van der Waals surface area contributed by atoms with Crippen molar-refractivity contribution in [3.05, 3.63) is 58.9 Å². The van der Waals surface area contributed by atoms with Crippen LogP contribution in [0, 0.1) is 13.8 Å². The van der Waals surface area contributed by atoms with Crippen molar-refractivity contribution in [3.8, 4) is 0 Å². The van der Waals surface area contributed by atoms with Gasteiger partial charge in [0.25, 0.3) is 5.91 Å². The number of aromatic nitrogens is 1. The molecule has 3 amide bonds. The summed E-state index contributed by atoms with van der Waals surface area (Å²) in [6.07, 6.45) is 0.745. The lowest BCUT2D eigenvalue weighted by molar-refractivity contribution is -0.123. The number of rotatable bonds is 7. The third-order valence-corrected chi connectivity index (χ3v) is 4.55. The first kappa shape index (κ1) is 21.2. The van der Waals surface area contributed by atoms with E-state index in [9.17, 15) is 14.4 Å². The van der Waals surface area contributed by atoms with E-state index in [0.29, 0.717) is 12.1 Å². The van der Waals surface area contributed by atoms with Crippen LogP contribution in [0.2, 0.25) is 0 Å². The Morgan fingerprint density at radius 3 is 2.46 bits per heavy atom. The van der Waals surface area contributed by atoms with Crippen molar-refractivity contribution in [3.63, 3.8) is 0 Å². The average molecular weight is 385 g/mol. The summed E-state index contributed by atoms with van der Waals surface area (Å²) < 4.78 is 7.10. The van der Waals surface area contributed by atoms with Gasteiger partial charge in [-0.1, -0.05) is 37.3 Å². The normalized spacial score (nSPS) is 11.6. The number of aryl methyl sites for hydroxylation is 1. The van der Waals surface area contributed by atoms with Crippen molar-refractivity contribution in [2.45, 2.75) is 46.7 Å². The molecule has 0 spiro atoms. The Morgan fingerprint density at radius 1 is 1.14 bits per heavy atom. The molecule has 0 unspecified atom stereocenters. The predicted molar refractivity (Wildman–Crippen MR) is 106 cm³/mol. The number of ether oxygens (including phenoxy) is 1. The van der Waals surface area contributed by atoms with E-state index < -0.39 is 24.5 Å². The third kappa shape index (κ3) is 5.70. The van der Waals surface area contributed by atoms with Gasteiger partial charge in [0.05, 0.1) is 5.56 Å². The summed E-state index contributed by atoms with van der Waals surface area (Å²) >= 11 is 0. The molecule has 2 aromatic rings. The number of carbonyl (C=O) groups excluding carboxylic acids is 3. The highest BCUT2D eigenvalue weighted by molar-refractivity contribution is 5.97. The highest BCUT2D eigenvalue weighted by Crippen LogP contribution is 2.18. The minimum atomic E-state index is -0.674.